The van der Waals surface area contributed by atoms with E-state index >= 15 is 0 Å². The van der Waals surface area contributed by atoms with Gasteiger partial charge in [-0.1, -0.05) is 29.0 Å². The fraction of sp³-hybridized carbons (Fsp3) is 0.292. The van der Waals surface area contributed by atoms with Crippen molar-refractivity contribution in [1.82, 2.24) is 19.7 Å². The standard InChI is InChI=1S/C24H25N5O2S/c1-16-4-8-19(9-5-16)29-22-21(17(2)26-29)32-24(25-22)28-14-12-27(13-15-28)23(30)18-6-10-20(31-3)11-7-18/h4-11H,12-15H2,1-3H3. The minimum atomic E-state index is 0.0578. The van der Waals surface area contributed by atoms with Crippen LogP contribution in [0.3, 0.4) is 0 Å². The molecule has 0 spiro atoms. The maximum Gasteiger partial charge on any atom is 0.253 e. The zero-order valence-corrected chi connectivity index (χ0v) is 19.2. The SMILES string of the molecule is COc1ccc(C(=O)N2CCN(c3nc4c(s3)c(C)nn4-c3ccc(C)cc3)CC2)cc1. The van der Waals surface area contributed by atoms with Crippen molar-refractivity contribution < 1.29 is 9.53 Å². The summed E-state index contributed by atoms with van der Waals surface area (Å²) in [5.41, 5.74) is 4.80. The van der Waals surface area contributed by atoms with Gasteiger partial charge in [0, 0.05) is 31.7 Å². The van der Waals surface area contributed by atoms with Gasteiger partial charge in [0.15, 0.2) is 10.8 Å². The Morgan fingerprint density at radius 2 is 1.66 bits per heavy atom. The Labute approximate surface area is 190 Å². The molecule has 1 aliphatic heterocycles. The number of rotatable bonds is 4. The number of fused-ring (bicyclic) bond motifs is 1. The van der Waals surface area contributed by atoms with Gasteiger partial charge in [-0.05, 0) is 50.2 Å². The first kappa shape index (κ1) is 20.5. The largest absolute Gasteiger partial charge is 0.497 e. The molecule has 0 aliphatic carbocycles. The number of hydrogen-bond donors (Lipinski definition) is 0. The van der Waals surface area contributed by atoms with E-state index in [2.05, 4.69) is 36.1 Å². The number of piperazine rings is 1. The fourth-order valence-corrected chi connectivity index (χ4v) is 4.98. The zero-order valence-electron chi connectivity index (χ0n) is 18.4. The minimum Gasteiger partial charge on any atom is -0.497 e. The van der Waals surface area contributed by atoms with Crippen molar-refractivity contribution in [3.8, 4) is 11.4 Å². The van der Waals surface area contributed by atoms with Crippen LogP contribution in [-0.2, 0) is 0 Å². The van der Waals surface area contributed by atoms with Crippen LogP contribution < -0.4 is 9.64 Å². The molecular weight excluding hydrogens is 422 g/mol. The Kier molecular flexibility index (Phi) is 5.30. The highest BCUT2D eigenvalue weighted by molar-refractivity contribution is 7.22. The number of amides is 1. The number of ether oxygens (including phenoxy) is 1. The molecule has 2 aromatic carbocycles. The van der Waals surface area contributed by atoms with Gasteiger partial charge < -0.3 is 14.5 Å². The Morgan fingerprint density at radius 3 is 2.31 bits per heavy atom. The topological polar surface area (TPSA) is 63.5 Å². The second kappa shape index (κ2) is 8.27. The average molecular weight is 448 g/mol. The van der Waals surface area contributed by atoms with E-state index in [0.717, 1.165) is 45.7 Å². The van der Waals surface area contributed by atoms with Crippen LogP contribution in [0.4, 0.5) is 5.13 Å². The van der Waals surface area contributed by atoms with Gasteiger partial charge in [0.25, 0.3) is 5.91 Å². The third kappa shape index (κ3) is 3.71. The second-order valence-corrected chi connectivity index (χ2v) is 8.97. The molecule has 5 rings (SSSR count). The molecule has 4 aromatic rings. The maximum atomic E-state index is 12.9. The Balaban J connectivity index is 1.32. The molecule has 0 atom stereocenters. The second-order valence-electron chi connectivity index (χ2n) is 7.99. The van der Waals surface area contributed by atoms with Crippen LogP contribution in [0.5, 0.6) is 5.75 Å². The maximum absolute atomic E-state index is 12.9. The van der Waals surface area contributed by atoms with Crippen molar-refractivity contribution in [3.63, 3.8) is 0 Å². The van der Waals surface area contributed by atoms with Crippen molar-refractivity contribution in [3.05, 3.63) is 65.4 Å². The zero-order chi connectivity index (χ0) is 22.2. The lowest BCUT2D eigenvalue weighted by Gasteiger charge is -2.34. The van der Waals surface area contributed by atoms with Crippen molar-refractivity contribution in [1.29, 1.82) is 0 Å². The molecule has 32 heavy (non-hydrogen) atoms. The monoisotopic (exact) mass is 447 g/mol. The number of thiazole rings is 1. The van der Waals surface area contributed by atoms with Crippen molar-refractivity contribution in [2.24, 2.45) is 0 Å². The van der Waals surface area contributed by atoms with Crippen LogP contribution in [-0.4, -0.2) is 58.9 Å². The summed E-state index contributed by atoms with van der Waals surface area (Å²) in [6.07, 6.45) is 0. The predicted octanol–water partition coefficient (Wildman–Crippen LogP) is 4.07. The summed E-state index contributed by atoms with van der Waals surface area (Å²) in [7, 11) is 1.62. The van der Waals surface area contributed by atoms with E-state index in [1.807, 2.05) is 40.8 Å². The van der Waals surface area contributed by atoms with Gasteiger partial charge in [-0.2, -0.15) is 10.1 Å². The van der Waals surface area contributed by atoms with Crippen LogP contribution in [0.25, 0.3) is 16.0 Å². The van der Waals surface area contributed by atoms with E-state index < -0.39 is 0 Å². The van der Waals surface area contributed by atoms with Gasteiger partial charge in [-0.25, -0.2) is 4.68 Å². The molecule has 2 aromatic heterocycles. The first-order chi connectivity index (χ1) is 15.5. The number of anilines is 1. The van der Waals surface area contributed by atoms with E-state index in [1.54, 1.807) is 18.4 Å². The first-order valence-electron chi connectivity index (χ1n) is 10.6. The van der Waals surface area contributed by atoms with Crippen LogP contribution in [0.1, 0.15) is 21.6 Å². The number of aromatic nitrogens is 3. The summed E-state index contributed by atoms with van der Waals surface area (Å²) >= 11 is 1.67. The number of nitrogens with zero attached hydrogens (tertiary/aromatic N) is 5. The van der Waals surface area contributed by atoms with E-state index in [0.29, 0.717) is 18.7 Å². The highest BCUT2D eigenvalue weighted by Gasteiger charge is 2.25. The Morgan fingerprint density at radius 1 is 0.969 bits per heavy atom. The highest BCUT2D eigenvalue weighted by atomic mass is 32.1. The van der Waals surface area contributed by atoms with Gasteiger partial charge in [-0.15, -0.1) is 0 Å². The highest BCUT2D eigenvalue weighted by Crippen LogP contribution is 2.33. The van der Waals surface area contributed by atoms with Gasteiger partial charge >= 0.3 is 0 Å². The summed E-state index contributed by atoms with van der Waals surface area (Å²) < 4.78 is 8.22. The summed E-state index contributed by atoms with van der Waals surface area (Å²) in [4.78, 5) is 22.0. The average Bonchev–Trinajstić information content (AvgIpc) is 3.40. The number of carbonyl (C=O) groups is 1. The summed E-state index contributed by atoms with van der Waals surface area (Å²) in [5.74, 6) is 0.809. The molecule has 8 heteroatoms. The molecule has 164 valence electrons. The molecule has 1 fully saturated rings. The normalized spacial score (nSPS) is 14.2. The van der Waals surface area contributed by atoms with Crippen molar-refractivity contribution >= 4 is 32.7 Å². The third-order valence-corrected chi connectivity index (χ3v) is 7.04. The summed E-state index contributed by atoms with van der Waals surface area (Å²) in [5, 5.41) is 5.69. The molecule has 1 aliphatic rings. The van der Waals surface area contributed by atoms with E-state index in [-0.39, 0.29) is 5.91 Å². The van der Waals surface area contributed by atoms with Gasteiger partial charge in [0.2, 0.25) is 0 Å². The molecule has 1 saturated heterocycles. The number of aryl methyl sites for hydroxylation is 2. The molecule has 0 N–H and O–H groups in total. The lowest BCUT2D eigenvalue weighted by molar-refractivity contribution is 0.0746. The summed E-state index contributed by atoms with van der Waals surface area (Å²) in [6, 6.07) is 15.6. The molecule has 0 bridgehead atoms. The summed E-state index contributed by atoms with van der Waals surface area (Å²) in [6.45, 7) is 6.96. The molecular formula is C24H25N5O2S. The molecule has 1 amide bonds. The Bertz CT molecular complexity index is 1250. The lowest BCUT2D eigenvalue weighted by atomic mass is 10.1. The minimum absolute atomic E-state index is 0.0578. The van der Waals surface area contributed by atoms with Gasteiger partial charge in [-0.3, -0.25) is 4.79 Å². The molecule has 3 heterocycles. The smallest absolute Gasteiger partial charge is 0.253 e. The van der Waals surface area contributed by atoms with Crippen LogP contribution >= 0.6 is 11.3 Å². The fourth-order valence-electron chi connectivity index (χ4n) is 3.94. The van der Waals surface area contributed by atoms with Crippen LogP contribution in [0.15, 0.2) is 48.5 Å². The van der Waals surface area contributed by atoms with E-state index in [4.69, 9.17) is 14.8 Å². The quantitative estimate of drug-likeness (QED) is 0.472. The lowest BCUT2D eigenvalue weighted by Crippen LogP contribution is -2.48. The van der Waals surface area contributed by atoms with Gasteiger partial charge in [0.1, 0.15) is 5.75 Å². The van der Waals surface area contributed by atoms with E-state index in [9.17, 15) is 4.79 Å². The number of methoxy groups -OCH3 is 1. The molecule has 7 nitrogen and oxygen atoms in total. The third-order valence-electron chi connectivity index (χ3n) is 5.83. The van der Waals surface area contributed by atoms with Crippen molar-refractivity contribution in [2.75, 3.05) is 38.2 Å². The van der Waals surface area contributed by atoms with E-state index in [1.165, 1.54) is 5.56 Å². The number of benzene rings is 2. The van der Waals surface area contributed by atoms with Crippen LogP contribution in [0.2, 0.25) is 0 Å². The molecule has 0 radical (unpaired) electrons. The molecule has 0 unspecified atom stereocenters. The predicted molar refractivity (Wildman–Crippen MR) is 127 cm³/mol. The van der Waals surface area contributed by atoms with Gasteiger partial charge in [0.05, 0.1) is 23.2 Å². The number of hydrogen-bond acceptors (Lipinski definition) is 6. The van der Waals surface area contributed by atoms with Crippen molar-refractivity contribution in [2.45, 2.75) is 13.8 Å². The first-order valence-corrected chi connectivity index (χ1v) is 11.5. The number of carbonyl (C=O) groups excluding carboxylic acids is 1. The Hall–Kier alpha value is -3.39. The van der Waals surface area contributed by atoms with Crippen LogP contribution in [0, 0.1) is 13.8 Å². The molecule has 0 saturated carbocycles.